The van der Waals surface area contributed by atoms with Gasteiger partial charge in [0.25, 0.3) is 11.1 Å². The summed E-state index contributed by atoms with van der Waals surface area (Å²) in [7, 11) is 0. The van der Waals surface area contributed by atoms with Crippen molar-refractivity contribution in [3.63, 3.8) is 0 Å². The van der Waals surface area contributed by atoms with E-state index in [0.29, 0.717) is 10.8 Å². The van der Waals surface area contributed by atoms with Crippen molar-refractivity contribution in [2.24, 2.45) is 0 Å². The van der Waals surface area contributed by atoms with Gasteiger partial charge < -0.3 is 9.47 Å². The molecule has 0 saturated carbocycles. The topological polar surface area (TPSA) is 57.5 Å². The van der Waals surface area contributed by atoms with Crippen LogP contribution in [0.2, 0.25) is 0 Å². The summed E-state index contributed by atoms with van der Waals surface area (Å²) in [5.41, 5.74) is -1.37. The fourth-order valence-electron chi connectivity index (χ4n) is 6.44. The molecule has 5 heteroatoms. The third-order valence-corrected chi connectivity index (χ3v) is 7.56. The predicted octanol–water partition coefficient (Wildman–Crippen LogP) is 7.81. The van der Waals surface area contributed by atoms with E-state index in [9.17, 15) is 9.59 Å². The van der Waals surface area contributed by atoms with E-state index in [0.717, 1.165) is 65.4 Å². The van der Waals surface area contributed by atoms with E-state index < -0.39 is 11.2 Å². The van der Waals surface area contributed by atoms with Crippen molar-refractivity contribution in [1.29, 1.82) is 0 Å². The molecule has 7 aromatic rings. The maximum atomic E-state index is 13.9. The van der Waals surface area contributed by atoms with Crippen LogP contribution in [-0.2, 0) is 0 Å². The summed E-state index contributed by atoms with van der Waals surface area (Å²) in [6.45, 7) is 15.9. The fourth-order valence-corrected chi connectivity index (χ4v) is 6.44. The van der Waals surface area contributed by atoms with Crippen molar-refractivity contribution in [2.75, 3.05) is 0 Å². The Hall–Kier alpha value is -3.86. The Labute approximate surface area is 219 Å². The number of rotatable bonds is 3. The molecule has 1 aromatic heterocycles. The quantitative estimate of drug-likeness (QED) is 0.230. The lowest BCUT2D eigenvalue weighted by Gasteiger charge is -2.23. The molecule has 0 amide bonds. The van der Waals surface area contributed by atoms with Gasteiger partial charge in [0.15, 0.2) is 0 Å². The molecule has 0 saturated heterocycles. The molecule has 0 fully saturated rings. The molecule has 0 aliphatic carbocycles. The molecule has 0 bridgehead atoms. The third-order valence-electron chi connectivity index (χ3n) is 7.56. The van der Waals surface area contributed by atoms with Crippen molar-refractivity contribution in [1.82, 2.24) is 4.57 Å². The van der Waals surface area contributed by atoms with Crippen molar-refractivity contribution < 1.29 is 9.47 Å². The van der Waals surface area contributed by atoms with Crippen LogP contribution in [0.4, 0.5) is 0 Å². The minimum atomic E-state index is -0.437. The Morgan fingerprint density at radius 2 is 0.974 bits per heavy atom. The largest absolute Gasteiger partial charge is 0.487 e. The number of ether oxygens (including phenoxy) is 2. The molecule has 0 aliphatic heterocycles. The van der Waals surface area contributed by atoms with Gasteiger partial charge in [0.2, 0.25) is 0 Å². The van der Waals surface area contributed by atoms with Gasteiger partial charge in [-0.25, -0.2) is 0 Å². The second-order valence-electron chi connectivity index (χ2n) is 12.9. The van der Waals surface area contributed by atoms with Crippen LogP contribution in [0.25, 0.3) is 64.6 Å². The van der Waals surface area contributed by atoms with Crippen LogP contribution in [0.5, 0.6) is 11.5 Å². The van der Waals surface area contributed by atoms with Crippen molar-refractivity contribution in [3.05, 3.63) is 57.1 Å². The summed E-state index contributed by atoms with van der Waals surface area (Å²) in [5.74, 6) is 1.45. The van der Waals surface area contributed by atoms with Crippen LogP contribution >= 0.6 is 0 Å². The highest BCUT2D eigenvalue weighted by molar-refractivity contribution is 6.49. The van der Waals surface area contributed by atoms with E-state index in [1.807, 2.05) is 67.5 Å². The van der Waals surface area contributed by atoms with Gasteiger partial charge in [-0.3, -0.25) is 14.2 Å². The molecule has 1 heterocycles. The lowest BCUT2D eigenvalue weighted by molar-refractivity contribution is 0.133. The Kier molecular flexibility index (Phi) is 4.26. The van der Waals surface area contributed by atoms with E-state index in [2.05, 4.69) is 24.3 Å². The number of benzene rings is 5. The number of nitrogens with zero attached hydrogens (tertiary/aromatic N) is 1. The highest BCUT2D eigenvalue weighted by atomic mass is 16.5. The zero-order valence-corrected chi connectivity index (χ0v) is 23.1. The van der Waals surface area contributed by atoms with Crippen molar-refractivity contribution >= 4 is 64.6 Å². The van der Waals surface area contributed by atoms with Gasteiger partial charge in [-0.1, -0.05) is 12.1 Å². The van der Waals surface area contributed by atoms with E-state index >= 15 is 0 Å². The third kappa shape index (κ3) is 2.87. The average molecular weight is 506 g/mol. The minimum Gasteiger partial charge on any atom is -0.487 e. The maximum Gasteiger partial charge on any atom is 0.262 e. The first-order valence-electron chi connectivity index (χ1n) is 13.3. The number of aromatic nitrogens is 1. The van der Waals surface area contributed by atoms with Crippen LogP contribution in [-0.4, -0.2) is 15.8 Å². The molecule has 5 nitrogen and oxygen atoms in total. The molecule has 0 unspecified atom stereocenters. The average Bonchev–Trinajstić information content (AvgIpc) is 3.28. The molecule has 7 rings (SSSR count). The smallest absolute Gasteiger partial charge is 0.262 e. The van der Waals surface area contributed by atoms with Crippen molar-refractivity contribution in [2.45, 2.75) is 72.6 Å². The molecule has 6 aromatic carbocycles. The fraction of sp³-hybridized carbons (Fsp3) is 0.333. The summed E-state index contributed by atoms with van der Waals surface area (Å²) in [4.78, 5) is 27.9. The van der Waals surface area contributed by atoms with E-state index in [1.54, 1.807) is 0 Å². The molecule has 0 radical (unpaired) electrons. The lowest BCUT2D eigenvalue weighted by atomic mass is 9.94. The first-order chi connectivity index (χ1) is 17.8. The lowest BCUT2D eigenvalue weighted by Crippen LogP contribution is -2.27. The van der Waals surface area contributed by atoms with E-state index in [-0.39, 0.29) is 17.2 Å². The number of fused-ring (bicyclic) bond motifs is 3. The summed E-state index contributed by atoms with van der Waals surface area (Å²) in [6, 6.07) is 12.2. The number of hydrogen-bond donors (Lipinski definition) is 0. The summed E-state index contributed by atoms with van der Waals surface area (Å²) in [5, 5.41) is 11.0. The van der Waals surface area contributed by atoms with Gasteiger partial charge in [0.05, 0.1) is 10.8 Å². The molecule has 192 valence electrons. The second-order valence-corrected chi connectivity index (χ2v) is 12.9. The molecule has 38 heavy (non-hydrogen) atoms. The normalized spacial score (nSPS) is 13.7. The number of hydrogen-bond acceptors (Lipinski definition) is 4. The van der Waals surface area contributed by atoms with Crippen LogP contribution in [0.15, 0.2) is 46.0 Å². The van der Waals surface area contributed by atoms with Gasteiger partial charge in [-0.2, -0.15) is 0 Å². The standard InChI is InChI=1S/C33H31NO4/c1-15(2)34-30(35)28-19-13-21(37-32(3,4)5)17-11-9-16-10-12-18-22(38-33(6,7)8)14-20(29(28)31(34)36)27-25(18)23(16)24(17)26(19)27/h9-15H,1-8H3. The zero-order valence-electron chi connectivity index (χ0n) is 23.1. The van der Waals surface area contributed by atoms with Crippen LogP contribution in [0.3, 0.4) is 0 Å². The minimum absolute atomic E-state index is 0.246. The maximum absolute atomic E-state index is 13.9. The Bertz CT molecular complexity index is 2010. The summed E-state index contributed by atoms with van der Waals surface area (Å²) >= 11 is 0. The summed E-state index contributed by atoms with van der Waals surface area (Å²) < 4.78 is 14.4. The monoisotopic (exact) mass is 505 g/mol. The predicted molar refractivity (Wildman–Crippen MR) is 158 cm³/mol. The Morgan fingerprint density at radius 3 is 1.34 bits per heavy atom. The zero-order chi connectivity index (χ0) is 27.0. The van der Waals surface area contributed by atoms with Gasteiger partial charge in [-0.05, 0) is 101 Å². The van der Waals surface area contributed by atoms with Crippen LogP contribution in [0, 0.1) is 0 Å². The first kappa shape index (κ1) is 23.3. The van der Waals surface area contributed by atoms with Gasteiger partial charge in [-0.15, -0.1) is 0 Å². The first-order valence-corrected chi connectivity index (χ1v) is 13.3. The second kappa shape index (κ2) is 6.96. The molecule has 0 atom stereocenters. The Balaban J connectivity index is 1.85. The van der Waals surface area contributed by atoms with Crippen LogP contribution in [0.1, 0.15) is 61.4 Å². The SMILES string of the molecule is CC(C)n1c(=O)c2c3cc(OC(C)(C)C)c4ccc5ccc6c(OC(C)(C)C)cc(c2c1=O)c1c6c5c4c31. The van der Waals surface area contributed by atoms with Crippen molar-refractivity contribution in [3.8, 4) is 11.5 Å². The van der Waals surface area contributed by atoms with E-state index in [4.69, 9.17) is 9.47 Å². The molecule has 0 spiro atoms. The molecular weight excluding hydrogens is 474 g/mol. The van der Waals surface area contributed by atoms with E-state index in [1.165, 1.54) is 4.57 Å². The highest BCUT2D eigenvalue weighted by Crippen LogP contribution is 2.54. The molecule has 0 aliphatic rings. The van der Waals surface area contributed by atoms with Gasteiger partial charge in [0.1, 0.15) is 22.7 Å². The van der Waals surface area contributed by atoms with Gasteiger partial charge >= 0.3 is 0 Å². The van der Waals surface area contributed by atoms with Crippen LogP contribution < -0.4 is 20.6 Å². The van der Waals surface area contributed by atoms with Gasteiger partial charge in [0, 0.05) is 38.4 Å². The highest BCUT2D eigenvalue weighted by Gasteiger charge is 2.31. The molecule has 0 N–H and O–H groups in total. The summed E-state index contributed by atoms with van der Waals surface area (Å²) in [6.07, 6.45) is 0. The molecular formula is C33H31NO4. The Morgan fingerprint density at radius 1 is 0.579 bits per heavy atom.